The summed E-state index contributed by atoms with van der Waals surface area (Å²) in [7, 11) is 8.11. The first-order valence-corrected chi connectivity index (χ1v) is 12.4. The van der Waals surface area contributed by atoms with Gasteiger partial charge >= 0.3 is 0 Å². The molecule has 0 fully saturated rings. The van der Waals surface area contributed by atoms with Crippen molar-refractivity contribution < 1.29 is 9.53 Å². The number of benzene rings is 3. The van der Waals surface area contributed by atoms with Gasteiger partial charge in [0.25, 0.3) is 0 Å². The highest BCUT2D eigenvalue weighted by atomic mass is 16.5. The maximum absolute atomic E-state index is 13.5. The first-order chi connectivity index (χ1) is 17.2. The second-order valence-corrected chi connectivity index (χ2v) is 9.75. The van der Waals surface area contributed by atoms with Crippen molar-refractivity contribution in [3.05, 3.63) is 89.0 Å². The van der Waals surface area contributed by atoms with E-state index in [2.05, 4.69) is 61.3 Å². The Balaban J connectivity index is 1.90. The van der Waals surface area contributed by atoms with Gasteiger partial charge in [0.05, 0.1) is 5.56 Å². The number of likely N-dealkylation sites (N-methyl/N-ethyl adjacent to an activating group) is 2. The second kappa shape index (κ2) is 13.1. The molecule has 36 heavy (non-hydrogen) atoms. The highest BCUT2D eigenvalue weighted by Gasteiger charge is 2.14. The molecule has 0 aliphatic rings. The summed E-state index contributed by atoms with van der Waals surface area (Å²) in [4.78, 5) is 17.7. The standard InChI is InChI=1S/C31H39N3O2/c1-23-19-24(2)21-27(20-23)26-12-14-31(36-18-17-34(5)6)28(22-26)30(35)13-11-25-9-7-8-10-29(25)32-15-16-33(3)4/h7-14,19-22,32H,15-18H2,1-6H3/b13-11+. The van der Waals surface area contributed by atoms with E-state index in [1.54, 1.807) is 6.08 Å². The Morgan fingerprint density at radius 3 is 2.25 bits per heavy atom. The van der Waals surface area contributed by atoms with Crippen molar-refractivity contribution in [2.24, 2.45) is 0 Å². The topological polar surface area (TPSA) is 44.8 Å². The lowest BCUT2D eigenvalue weighted by Crippen LogP contribution is -2.21. The summed E-state index contributed by atoms with van der Waals surface area (Å²) in [6.45, 7) is 7.22. The minimum atomic E-state index is -0.0795. The van der Waals surface area contributed by atoms with E-state index in [9.17, 15) is 4.79 Å². The van der Waals surface area contributed by atoms with Crippen molar-refractivity contribution in [3.8, 4) is 16.9 Å². The summed E-state index contributed by atoms with van der Waals surface area (Å²) in [6, 6.07) is 20.4. The highest BCUT2D eigenvalue weighted by molar-refractivity contribution is 6.09. The van der Waals surface area contributed by atoms with Gasteiger partial charge in [-0.15, -0.1) is 0 Å². The van der Waals surface area contributed by atoms with Crippen LogP contribution in [0.4, 0.5) is 5.69 Å². The van der Waals surface area contributed by atoms with Gasteiger partial charge in [-0.3, -0.25) is 4.79 Å². The van der Waals surface area contributed by atoms with E-state index in [1.807, 2.05) is 62.6 Å². The number of aryl methyl sites for hydroxylation is 2. The molecule has 0 radical (unpaired) electrons. The van der Waals surface area contributed by atoms with Crippen molar-refractivity contribution in [1.82, 2.24) is 9.80 Å². The lowest BCUT2D eigenvalue weighted by atomic mass is 9.97. The van der Waals surface area contributed by atoms with Gasteiger partial charge in [0.2, 0.25) is 0 Å². The Bertz CT molecular complexity index is 1180. The molecular formula is C31H39N3O2. The van der Waals surface area contributed by atoms with Gasteiger partial charge in [0, 0.05) is 25.3 Å². The van der Waals surface area contributed by atoms with Gasteiger partial charge in [-0.05, 0) is 89.1 Å². The summed E-state index contributed by atoms with van der Waals surface area (Å²) in [5.74, 6) is 0.529. The molecule has 3 aromatic carbocycles. The fraction of sp³-hybridized carbons (Fsp3) is 0.323. The number of ketones is 1. The summed E-state index contributed by atoms with van der Waals surface area (Å²) < 4.78 is 6.05. The zero-order valence-electron chi connectivity index (χ0n) is 22.5. The number of nitrogens with zero attached hydrogens (tertiary/aromatic N) is 2. The fourth-order valence-corrected chi connectivity index (χ4v) is 3.98. The molecule has 0 bridgehead atoms. The molecule has 190 valence electrons. The van der Waals surface area contributed by atoms with Crippen LogP contribution in [-0.4, -0.2) is 70.0 Å². The molecule has 0 atom stereocenters. The first kappa shape index (κ1) is 27.2. The maximum Gasteiger partial charge on any atom is 0.189 e. The van der Waals surface area contributed by atoms with Crippen LogP contribution in [0.25, 0.3) is 17.2 Å². The van der Waals surface area contributed by atoms with Crippen LogP contribution in [0.5, 0.6) is 5.75 Å². The summed E-state index contributed by atoms with van der Waals surface area (Å²) >= 11 is 0. The molecule has 0 aliphatic carbocycles. The van der Waals surface area contributed by atoms with Crippen LogP contribution < -0.4 is 10.1 Å². The first-order valence-electron chi connectivity index (χ1n) is 12.4. The second-order valence-electron chi connectivity index (χ2n) is 9.75. The number of hydrogen-bond acceptors (Lipinski definition) is 5. The third-order valence-corrected chi connectivity index (χ3v) is 5.85. The van der Waals surface area contributed by atoms with Crippen molar-refractivity contribution in [2.45, 2.75) is 13.8 Å². The molecule has 5 nitrogen and oxygen atoms in total. The van der Waals surface area contributed by atoms with Crippen molar-refractivity contribution in [1.29, 1.82) is 0 Å². The lowest BCUT2D eigenvalue weighted by molar-refractivity contribution is 0.104. The van der Waals surface area contributed by atoms with Crippen LogP contribution in [0.15, 0.2) is 66.7 Å². The fourth-order valence-electron chi connectivity index (χ4n) is 3.98. The number of nitrogens with one attached hydrogen (secondary N) is 1. The monoisotopic (exact) mass is 485 g/mol. The van der Waals surface area contributed by atoms with Crippen LogP contribution in [0.2, 0.25) is 0 Å². The summed E-state index contributed by atoms with van der Waals surface area (Å²) in [5, 5.41) is 3.47. The molecule has 0 amide bonds. The Morgan fingerprint density at radius 1 is 0.861 bits per heavy atom. The number of rotatable bonds is 12. The number of para-hydroxylation sites is 1. The number of carbonyl (C=O) groups is 1. The number of ether oxygens (including phenoxy) is 1. The van der Waals surface area contributed by atoms with Gasteiger partial charge in [-0.1, -0.05) is 53.6 Å². The molecule has 0 heterocycles. The van der Waals surface area contributed by atoms with E-state index >= 15 is 0 Å². The average Bonchev–Trinajstić information content (AvgIpc) is 2.82. The zero-order valence-corrected chi connectivity index (χ0v) is 22.5. The molecule has 0 spiro atoms. The predicted molar refractivity (Wildman–Crippen MR) is 152 cm³/mol. The molecular weight excluding hydrogens is 446 g/mol. The van der Waals surface area contributed by atoms with E-state index in [4.69, 9.17) is 4.74 Å². The molecule has 0 saturated heterocycles. The van der Waals surface area contributed by atoms with Crippen LogP contribution in [0.3, 0.4) is 0 Å². The number of carbonyl (C=O) groups excluding carboxylic acids is 1. The van der Waals surface area contributed by atoms with Crippen LogP contribution in [-0.2, 0) is 0 Å². The third kappa shape index (κ3) is 8.08. The van der Waals surface area contributed by atoms with E-state index in [1.165, 1.54) is 11.1 Å². The lowest BCUT2D eigenvalue weighted by Gasteiger charge is -2.15. The van der Waals surface area contributed by atoms with E-state index < -0.39 is 0 Å². The van der Waals surface area contributed by atoms with Crippen LogP contribution in [0.1, 0.15) is 27.0 Å². The maximum atomic E-state index is 13.5. The largest absolute Gasteiger partial charge is 0.491 e. The Hall–Kier alpha value is -3.41. The van der Waals surface area contributed by atoms with Crippen molar-refractivity contribution in [2.75, 3.05) is 59.7 Å². The van der Waals surface area contributed by atoms with E-state index in [-0.39, 0.29) is 5.78 Å². The molecule has 0 unspecified atom stereocenters. The van der Waals surface area contributed by atoms with Gasteiger partial charge in [-0.25, -0.2) is 0 Å². The Kier molecular flexibility index (Phi) is 9.86. The van der Waals surface area contributed by atoms with Crippen molar-refractivity contribution >= 4 is 17.5 Å². The smallest absolute Gasteiger partial charge is 0.189 e. The van der Waals surface area contributed by atoms with Gasteiger partial charge in [-0.2, -0.15) is 0 Å². The quantitative estimate of drug-likeness (QED) is 0.260. The number of allylic oxidation sites excluding steroid dienone is 1. The molecule has 1 N–H and O–H groups in total. The van der Waals surface area contributed by atoms with E-state index in [0.29, 0.717) is 17.9 Å². The molecule has 0 aliphatic heterocycles. The van der Waals surface area contributed by atoms with E-state index in [0.717, 1.165) is 42.0 Å². The van der Waals surface area contributed by atoms with Crippen LogP contribution >= 0.6 is 0 Å². The van der Waals surface area contributed by atoms with Crippen LogP contribution in [0, 0.1) is 13.8 Å². The summed E-state index contributed by atoms with van der Waals surface area (Å²) in [5.41, 5.74) is 7.05. The number of hydrogen-bond donors (Lipinski definition) is 1. The molecule has 0 aromatic heterocycles. The van der Waals surface area contributed by atoms with Gasteiger partial charge in [0.15, 0.2) is 5.78 Å². The number of anilines is 1. The highest BCUT2D eigenvalue weighted by Crippen LogP contribution is 2.29. The van der Waals surface area contributed by atoms with Crippen molar-refractivity contribution in [3.63, 3.8) is 0 Å². The molecule has 3 rings (SSSR count). The minimum absolute atomic E-state index is 0.0795. The molecule has 5 heteroatoms. The summed E-state index contributed by atoms with van der Waals surface area (Å²) in [6.07, 6.45) is 3.53. The normalized spacial score (nSPS) is 11.4. The molecule has 3 aromatic rings. The Labute approximate surface area is 216 Å². The van der Waals surface area contributed by atoms with Gasteiger partial charge < -0.3 is 19.9 Å². The molecule has 0 saturated carbocycles. The Morgan fingerprint density at radius 2 is 1.56 bits per heavy atom. The van der Waals surface area contributed by atoms with Gasteiger partial charge in [0.1, 0.15) is 12.4 Å². The minimum Gasteiger partial charge on any atom is -0.491 e. The predicted octanol–water partition coefficient (Wildman–Crippen LogP) is 5.78. The zero-order chi connectivity index (χ0) is 26.1. The third-order valence-electron chi connectivity index (χ3n) is 5.85. The average molecular weight is 486 g/mol. The SMILES string of the molecule is Cc1cc(C)cc(-c2ccc(OCCN(C)C)c(C(=O)/C=C/c3ccccc3NCCN(C)C)c2)c1.